The van der Waals surface area contributed by atoms with Gasteiger partial charge in [-0.25, -0.2) is 0 Å². The maximum atomic E-state index is 6.12. The van der Waals surface area contributed by atoms with Crippen LogP contribution in [0.5, 0.6) is 0 Å². The lowest BCUT2D eigenvalue weighted by Crippen LogP contribution is -2.27. The van der Waals surface area contributed by atoms with Gasteiger partial charge < -0.3 is 11.5 Å². The van der Waals surface area contributed by atoms with Crippen LogP contribution in [0.2, 0.25) is 0 Å². The Kier molecular flexibility index (Phi) is 5.40. The van der Waals surface area contributed by atoms with E-state index in [-0.39, 0.29) is 12.1 Å². The summed E-state index contributed by atoms with van der Waals surface area (Å²) in [5, 5.41) is 0. The quantitative estimate of drug-likeness (QED) is 0.735. The minimum absolute atomic E-state index is 0.0561. The molecule has 0 saturated heterocycles. The molecule has 2 nitrogen and oxygen atoms in total. The minimum Gasteiger partial charge on any atom is -0.324 e. The van der Waals surface area contributed by atoms with Crippen LogP contribution in [0.3, 0.4) is 0 Å². The van der Waals surface area contributed by atoms with E-state index in [9.17, 15) is 0 Å². The molecule has 17 heavy (non-hydrogen) atoms. The number of hydrogen-bond acceptors (Lipinski definition) is 2. The van der Waals surface area contributed by atoms with Crippen molar-refractivity contribution in [2.45, 2.75) is 18.5 Å². The normalized spacial score (nSPS) is 15.1. The van der Waals surface area contributed by atoms with Crippen LogP contribution in [-0.2, 0) is 0 Å². The van der Waals surface area contributed by atoms with Crippen molar-refractivity contribution in [3.05, 3.63) is 72.9 Å². The molecule has 0 aromatic heterocycles. The zero-order valence-electron chi connectivity index (χ0n) is 10.0. The number of hydrogen-bond donors (Lipinski definition) is 2. The number of benzene rings is 1. The summed E-state index contributed by atoms with van der Waals surface area (Å²) < 4.78 is 0. The molecule has 2 atom stereocenters. The van der Waals surface area contributed by atoms with E-state index in [0.717, 1.165) is 11.1 Å². The lowest BCUT2D eigenvalue weighted by atomic mass is 9.96. The molecule has 0 unspecified atom stereocenters. The van der Waals surface area contributed by atoms with Gasteiger partial charge in [-0.15, -0.1) is 0 Å². The fraction of sp³-hybridized carbons (Fsp3) is 0.200. The molecule has 0 aliphatic heterocycles. The number of nitrogens with two attached hydrogens (primary N) is 2. The van der Waals surface area contributed by atoms with Crippen molar-refractivity contribution in [1.29, 1.82) is 0 Å². The molecule has 0 aliphatic carbocycles. The third-order valence-electron chi connectivity index (χ3n) is 2.71. The summed E-state index contributed by atoms with van der Waals surface area (Å²) in [5.74, 6) is 0. The molecule has 4 N–H and O–H groups in total. The van der Waals surface area contributed by atoms with Gasteiger partial charge in [0.2, 0.25) is 0 Å². The van der Waals surface area contributed by atoms with Gasteiger partial charge in [-0.2, -0.15) is 0 Å². The van der Waals surface area contributed by atoms with Gasteiger partial charge in [-0.3, -0.25) is 0 Å². The SMILES string of the molecule is C=C/C=C(\C=C)[C@@H](N)C[C@H](N)c1ccccc1. The highest BCUT2D eigenvalue weighted by molar-refractivity contribution is 5.27. The van der Waals surface area contributed by atoms with Gasteiger partial charge in [0, 0.05) is 12.1 Å². The first-order chi connectivity index (χ1) is 8.19. The van der Waals surface area contributed by atoms with Crippen LogP contribution in [0, 0.1) is 0 Å². The maximum Gasteiger partial charge on any atom is 0.0313 e. The Morgan fingerprint density at radius 1 is 1.18 bits per heavy atom. The summed E-state index contributed by atoms with van der Waals surface area (Å²) >= 11 is 0. The summed E-state index contributed by atoms with van der Waals surface area (Å²) in [6.07, 6.45) is 6.03. The fourth-order valence-corrected chi connectivity index (χ4v) is 1.73. The second-order valence-electron chi connectivity index (χ2n) is 3.97. The van der Waals surface area contributed by atoms with Gasteiger partial charge in [-0.05, 0) is 17.6 Å². The van der Waals surface area contributed by atoms with Crippen LogP contribution < -0.4 is 11.5 Å². The molecule has 0 radical (unpaired) electrons. The van der Waals surface area contributed by atoms with Crippen LogP contribution in [0.4, 0.5) is 0 Å². The molecular weight excluding hydrogens is 208 g/mol. The van der Waals surface area contributed by atoms with Gasteiger partial charge in [0.15, 0.2) is 0 Å². The molecule has 1 rings (SSSR count). The second kappa shape index (κ2) is 6.84. The molecule has 2 heteroatoms. The first-order valence-corrected chi connectivity index (χ1v) is 5.70. The van der Waals surface area contributed by atoms with Crippen molar-refractivity contribution in [2.75, 3.05) is 0 Å². The topological polar surface area (TPSA) is 52.0 Å². The lowest BCUT2D eigenvalue weighted by Gasteiger charge is -2.18. The summed E-state index contributed by atoms with van der Waals surface area (Å²) in [6, 6.07) is 9.80. The molecule has 0 bridgehead atoms. The highest BCUT2D eigenvalue weighted by Crippen LogP contribution is 2.18. The van der Waals surface area contributed by atoms with Crippen molar-refractivity contribution in [3.63, 3.8) is 0 Å². The fourth-order valence-electron chi connectivity index (χ4n) is 1.73. The lowest BCUT2D eigenvalue weighted by molar-refractivity contribution is 0.589. The van der Waals surface area contributed by atoms with Gasteiger partial charge in [-0.1, -0.05) is 61.7 Å². The summed E-state index contributed by atoms with van der Waals surface area (Å²) in [7, 11) is 0. The Morgan fingerprint density at radius 2 is 1.82 bits per heavy atom. The average Bonchev–Trinajstić information content (AvgIpc) is 2.36. The molecule has 0 spiro atoms. The first-order valence-electron chi connectivity index (χ1n) is 5.70. The summed E-state index contributed by atoms with van der Waals surface area (Å²) in [4.78, 5) is 0. The maximum absolute atomic E-state index is 6.12. The van der Waals surface area contributed by atoms with Gasteiger partial charge >= 0.3 is 0 Å². The largest absolute Gasteiger partial charge is 0.324 e. The standard InChI is InChI=1S/C15H20N2/c1-3-8-12(4-2)14(16)11-15(17)13-9-6-5-7-10-13/h3-10,14-15H,1-2,11,16-17H2/b12-8+/t14-,15-/m0/s1. The zero-order valence-corrected chi connectivity index (χ0v) is 10.0. The third kappa shape index (κ3) is 4.02. The number of rotatable bonds is 6. The van der Waals surface area contributed by atoms with E-state index >= 15 is 0 Å². The second-order valence-corrected chi connectivity index (χ2v) is 3.97. The Bertz CT molecular complexity index is 393. The van der Waals surface area contributed by atoms with E-state index in [4.69, 9.17) is 11.5 Å². The van der Waals surface area contributed by atoms with Crippen LogP contribution in [0.25, 0.3) is 0 Å². The van der Waals surface area contributed by atoms with E-state index in [1.807, 2.05) is 36.4 Å². The Labute approximate surface area is 103 Å². The van der Waals surface area contributed by atoms with Crippen LogP contribution in [0.15, 0.2) is 67.3 Å². The smallest absolute Gasteiger partial charge is 0.0313 e. The van der Waals surface area contributed by atoms with E-state index in [1.165, 1.54) is 0 Å². The van der Waals surface area contributed by atoms with Crippen molar-refractivity contribution in [2.24, 2.45) is 11.5 Å². The Morgan fingerprint density at radius 3 is 2.35 bits per heavy atom. The van der Waals surface area contributed by atoms with E-state index in [1.54, 1.807) is 12.2 Å². The highest BCUT2D eigenvalue weighted by atomic mass is 14.7. The minimum atomic E-state index is -0.110. The first kappa shape index (κ1) is 13.4. The third-order valence-corrected chi connectivity index (χ3v) is 2.71. The molecule has 0 saturated carbocycles. The molecule has 1 aromatic rings. The van der Waals surface area contributed by atoms with Crippen LogP contribution in [0.1, 0.15) is 18.0 Å². The van der Waals surface area contributed by atoms with Gasteiger partial charge in [0.25, 0.3) is 0 Å². The Hall–Kier alpha value is -1.64. The van der Waals surface area contributed by atoms with Crippen molar-refractivity contribution in [3.8, 4) is 0 Å². The van der Waals surface area contributed by atoms with Crippen molar-refractivity contribution in [1.82, 2.24) is 0 Å². The highest BCUT2D eigenvalue weighted by Gasteiger charge is 2.12. The van der Waals surface area contributed by atoms with Gasteiger partial charge in [0.05, 0.1) is 0 Å². The summed E-state index contributed by atoms with van der Waals surface area (Å²) in [5.41, 5.74) is 14.3. The van der Waals surface area contributed by atoms with Crippen LogP contribution in [-0.4, -0.2) is 6.04 Å². The molecular formula is C15H20N2. The molecule has 0 amide bonds. The van der Waals surface area contributed by atoms with E-state index < -0.39 is 0 Å². The van der Waals surface area contributed by atoms with Crippen LogP contribution >= 0.6 is 0 Å². The molecule has 90 valence electrons. The van der Waals surface area contributed by atoms with Crippen molar-refractivity contribution < 1.29 is 0 Å². The molecule has 0 aliphatic rings. The monoisotopic (exact) mass is 228 g/mol. The molecule has 0 fully saturated rings. The predicted octanol–water partition coefficient (Wildman–Crippen LogP) is 2.70. The zero-order chi connectivity index (χ0) is 12.7. The average molecular weight is 228 g/mol. The molecule has 1 aromatic carbocycles. The van der Waals surface area contributed by atoms with Gasteiger partial charge in [0.1, 0.15) is 0 Å². The number of allylic oxidation sites excluding steroid dienone is 2. The van der Waals surface area contributed by atoms with E-state index in [2.05, 4.69) is 13.2 Å². The molecule has 0 heterocycles. The van der Waals surface area contributed by atoms with E-state index in [0.29, 0.717) is 6.42 Å². The predicted molar refractivity (Wildman–Crippen MR) is 74.4 cm³/mol. The van der Waals surface area contributed by atoms with Crippen molar-refractivity contribution >= 4 is 0 Å². The summed E-state index contributed by atoms with van der Waals surface area (Å²) in [6.45, 7) is 7.40. The Balaban J connectivity index is 2.68.